The minimum absolute atomic E-state index is 0.877. The first-order valence-corrected chi connectivity index (χ1v) is 17.4. The van der Waals surface area contributed by atoms with Gasteiger partial charge in [-0.3, -0.25) is 0 Å². The smallest absolute Gasteiger partial charge is 0.137 e. The molecule has 51 heavy (non-hydrogen) atoms. The number of para-hydroxylation sites is 3. The molecule has 0 saturated carbocycles. The summed E-state index contributed by atoms with van der Waals surface area (Å²) in [6.45, 7) is 0. The first-order valence-electron chi connectivity index (χ1n) is 17.4. The highest BCUT2D eigenvalue weighted by molar-refractivity contribution is 6.23. The zero-order chi connectivity index (χ0) is 33.5. The summed E-state index contributed by atoms with van der Waals surface area (Å²) in [7, 11) is 0. The lowest BCUT2D eigenvalue weighted by molar-refractivity contribution is 0.669. The van der Waals surface area contributed by atoms with Crippen molar-refractivity contribution in [3.63, 3.8) is 0 Å². The topological polar surface area (TPSA) is 20.8 Å². The predicted octanol–water partition coefficient (Wildman–Crippen LogP) is 13.5. The lowest BCUT2D eigenvalue weighted by Crippen LogP contribution is -2.09. The van der Waals surface area contributed by atoms with E-state index in [2.05, 4.69) is 179 Å². The van der Waals surface area contributed by atoms with Crippen LogP contribution in [0.4, 0.5) is 17.1 Å². The molecule has 0 aliphatic heterocycles. The SMILES string of the molecule is c1ccc(-c2ccc(N(c3ccc(-c4ccc5c(c4)c4cccc6c7ccccc7n5c64)cc3)c3ccc4c(c3)oc3ccccc34)cc2)cc1. The molecular weight excluding hydrogens is 621 g/mol. The second-order valence-corrected chi connectivity index (χ2v) is 13.4. The van der Waals surface area contributed by atoms with Gasteiger partial charge in [0.2, 0.25) is 0 Å². The van der Waals surface area contributed by atoms with E-state index in [9.17, 15) is 0 Å². The van der Waals surface area contributed by atoms with Crippen LogP contribution in [0.1, 0.15) is 0 Å². The Morgan fingerprint density at radius 3 is 1.67 bits per heavy atom. The van der Waals surface area contributed by atoms with Gasteiger partial charge in [-0.2, -0.15) is 0 Å². The Hall–Kier alpha value is -6.84. The van der Waals surface area contributed by atoms with E-state index in [1.165, 1.54) is 60.3 Å². The number of hydrogen-bond donors (Lipinski definition) is 0. The van der Waals surface area contributed by atoms with Crippen molar-refractivity contribution < 1.29 is 4.42 Å². The van der Waals surface area contributed by atoms with E-state index in [0.717, 1.165) is 39.0 Å². The molecule has 11 rings (SSSR count). The third-order valence-electron chi connectivity index (χ3n) is 10.5. The minimum Gasteiger partial charge on any atom is -0.456 e. The van der Waals surface area contributed by atoms with Crippen molar-refractivity contribution in [3.05, 3.63) is 182 Å². The van der Waals surface area contributed by atoms with Crippen molar-refractivity contribution in [2.24, 2.45) is 0 Å². The lowest BCUT2D eigenvalue weighted by atomic mass is 10.0. The molecule has 238 valence electrons. The van der Waals surface area contributed by atoms with Gasteiger partial charge in [0.05, 0.1) is 16.6 Å². The molecule has 3 heterocycles. The van der Waals surface area contributed by atoms with Gasteiger partial charge in [-0.05, 0) is 82.9 Å². The summed E-state index contributed by atoms with van der Waals surface area (Å²) in [5.41, 5.74) is 13.6. The Kier molecular flexibility index (Phi) is 5.96. The molecule has 11 aromatic rings. The maximum atomic E-state index is 6.34. The van der Waals surface area contributed by atoms with Crippen molar-refractivity contribution in [2.75, 3.05) is 4.90 Å². The summed E-state index contributed by atoms with van der Waals surface area (Å²) in [5.74, 6) is 0. The van der Waals surface area contributed by atoms with Gasteiger partial charge >= 0.3 is 0 Å². The summed E-state index contributed by atoms with van der Waals surface area (Å²) in [6.07, 6.45) is 0. The van der Waals surface area contributed by atoms with Crippen LogP contribution in [0.15, 0.2) is 186 Å². The molecule has 0 atom stereocenters. The number of hydrogen-bond acceptors (Lipinski definition) is 2. The summed E-state index contributed by atoms with van der Waals surface area (Å²) in [5, 5.41) is 7.44. The Morgan fingerprint density at radius 2 is 0.882 bits per heavy atom. The summed E-state index contributed by atoms with van der Waals surface area (Å²) < 4.78 is 8.77. The Morgan fingerprint density at radius 1 is 0.333 bits per heavy atom. The molecule has 0 N–H and O–H groups in total. The molecular formula is C48H30N2O. The first kappa shape index (κ1) is 28.0. The third-order valence-corrected chi connectivity index (χ3v) is 10.5. The summed E-state index contributed by atoms with van der Waals surface area (Å²) in [4.78, 5) is 2.31. The lowest BCUT2D eigenvalue weighted by Gasteiger charge is -2.26. The quantitative estimate of drug-likeness (QED) is 0.185. The second-order valence-electron chi connectivity index (χ2n) is 13.4. The van der Waals surface area contributed by atoms with Crippen molar-refractivity contribution in [1.29, 1.82) is 0 Å². The van der Waals surface area contributed by atoms with E-state index in [1.807, 2.05) is 12.1 Å². The Labute approximate surface area is 294 Å². The monoisotopic (exact) mass is 650 g/mol. The molecule has 0 bridgehead atoms. The van der Waals surface area contributed by atoms with Crippen molar-refractivity contribution in [1.82, 2.24) is 4.40 Å². The number of nitrogens with zero attached hydrogens (tertiary/aromatic N) is 2. The molecule has 0 fully saturated rings. The molecule has 8 aromatic carbocycles. The molecule has 3 nitrogen and oxygen atoms in total. The van der Waals surface area contributed by atoms with Crippen LogP contribution in [0.25, 0.3) is 82.3 Å². The predicted molar refractivity (Wildman–Crippen MR) is 214 cm³/mol. The van der Waals surface area contributed by atoms with E-state index in [1.54, 1.807) is 0 Å². The van der Waals surface area contributed by atoms with Gasteiger partial charge in [0.1, 0.15) is 11.2 Å². The largest absolute Gasteiger partial charge is 0.456 e. The van der Waals surface area contributed by atoms with Crippen LogP contribution in [-0.2, 0) is 0 Å². The number of benzene rings is 8. The van der Waals surface area contributed by atoms with Crippen LogP contribution in [0.2, 0.25) is 0 Å². The van der Waals surface area contributed by atoms with E-state index in [-0.39, 0.29) is 0 Å². The zero-order valence-corrected chi connectivity index (χ0v) is 27.6. The Bertz CT molecular complexity index is 3060. The summed E-state index contributed by atoms with van der Waals surface area (Å²) >= 11 is 0. The average Bonchev–Trinajstić information content (AvgIpc) is 3.86. The van der Waals surface area contributed by atoms with Gasteiger partial charge in [0.15, 0.2) is 0 Å². The van der Waals surface area contributed by atoms with E-state index in [0.29, 0.717) is 0 Å². The number of anilines is 3. The average molecular weight is 651 g/mol. The minimum atomic E-state index is 0.877. The van der Waals surface area contributed by atoms with Gasteiger partial charge < -0.3 is 13.7 Å². The standard InChI is InChI=1S/C48H30N2O/c1-2-9-31(10-3-1)32-17-22-35(23-18-32)49(37-26-27-40-39-12-5-7-16-46(39)51-47(40)30-37)36-24-19-33(20-25-36)34-21-28-45-43(29-34)42-14-8-13-41-38-11-4-6-15-44(38)50(45)48(41)42/h1-30H. The van der Waals surface area contributed by atoms with Gasteiger partial charge in [-0.25, -0.2) is 0 Å². The van der Waals surface area contributed by atoms with Gasteiger partial charge in [0.25, 0.3) is 0 Å². The van der Waals surface area contributed by atoms with Crippen LogP contribution in [-0.4, -0.2) is 4.40 Å². The molecule has 0 aliphatic carbocycles. The molecule has 0 saturated heterocycles. The van der Waals surface area contributed by atoms with Gasteiger partial charge in [-0.1, -0.05) is 115 Å². The van der Waals surface area contributed by atoms with E-state index >= 15 is 0 Å². The van der Waals surface area contributed by atoms with Gasteiger partial charge in [-0.15, -0.1) is 0 Å². The number of rotatable bonds is 5. The maximum absolute atomic E-state index is 6.34. The van der Waals surface area contributed by atoms with E-state index in [4.69, 9.17) is 4.42 Å². The molecule has 0 spiro atoms. The fourth-order valence-corrected chi connectivity index (χ4v) is 8.15. The number of fused-ring (bicyclic) bond motifs is 9. The van der Waals surface area contributed by atoms with Crippen molar-refractivity contribution >= 4 is 77.1 Å². The van der Waals surface area contributed by atoms with E-state index < -0.39 is 0 Å². The highest BCUT2D eigenvalue weighted by Gasteiger charge is 2.19. The van der Waals surface area contributed by atoms with Crippen molar-refractivity contribution in [2.45, 2.75) is 0 Å². The summed E-state index contributed by atoms with van der Waals surface area (Å²) in [6, 6.07) is 65.4. The fraction of sp³-hybridized carbons (Fsp3) is 0. The zero-order valence-electron chi connectivity index (χ0n) is 27.6. The molecule has 0 unspecified atom stereocenters. The van der Waals surface area contributed by atoms with Crippen molar-refractivity contribution in [3.8, 4) is 22.3 Å². The van der Waals surface area contributed by atoms with Crippen LogP contribution in [0.5, 0.6) is 0 Å². The highest BCUT2D eigenvalue weighted by atomic mass is 16.3. The maximum Gasteiger partial charge on any atom is 0.137 e. The second kappa shape index (κ2) is 10.8. The number of aromatic nitrogens is 1. The molecule has 3 heteroatoms. The fourth-order valence-electron chi connectivity index (χ4n) is 8.15. The highest BCUT2D eigenvalue weighted by Crippen LogP contribution is 2.42. The van der Waals surface area contributed by atoms with Gasteiger partial charge in [0, 0.05) is 55.4 Å². The van der Waals surface area contributed by atoms with Crippen LogP contribution in [0, 0.1) is 0 Å². The third kappa shape index (κ3) is 4.25. The molecule has 0 aliphatic rings. The normalized spacial score (nSPS) is 11.9. The molecule has 0 radical (unpaired) electrons. The Balaban J connectivity index is 1.02. The number of furan rings is 1. The molecule has 0 amide bonds. The van der Waals surface area contributed by atoms with Crippen LogP contribution < -0.4 is 4.90 Å². The first-order chi connectivity index (χ1) is 25.3. The van der Waals surface area contributed by atoms with Crippen LogP contribution in [0.3, 0.4) is 0 Å². The molecule has 3 aromatic heterocycles. The van der Waals surface area contributed by atoms with Crippen LogP contribution >= 0.6 is 0 Å².